The van der Waals surface area contributed by atoms with Crippen LogP contribution < -0.4 is 4.72 Å². The molecule has 3 aromatic rings. The Morgan fingerprint density at radius 2 is 1.75 bits per heavy atom. The highest BCUT2D eigenvalue weighted by Gasteiger charge is 2.36. The number of pyridine rings is 1. The van der Waals surface area contributed by atoms with Gasteiger partial charge in [-0.05, 0) is 29.8 Å². The van der Waals surface area contributed by atoms with Crippen LogP contribution in [0.1, 0.15) is 31.3 Å². The Morgan fingerprint density at radius 1 is 0.964 bits per heavy atom. The lowest BCUT2D eigenvalue weighted by molar-refractivity contribution is 0.0642. The van der Waals surface area contributed by atoms with Crippen LogP contribution >= 0.6 is 11.3 Å². The van der Waals surface area contributed by atoms with Gasteiger partial charge in [-0.3, -0.25) is 19.5 Å². The SMILES string of the molecule is O=C1c2cccnc2C(=O)N1Cc1ccc(S(=O)(=O)NCc2ccccc2)s1. The molecule has 0 radical (unpaired) electrons. The van der Waals surface area contributed by atoms with Crippen molar-refractivity contribution >= 4 is 33.2 Å². The van der Waals surface area contributed by atoms with E-state index in [1.165, 1.54) is 12.3 Å². The number of imide groups is 1. The van der Waals surface area contributed by atoms with E-state index in [0.717, 1.165) is 21.8 Å². The summed E-state index contributed by atoms with van der Waals surface area (Å²) in [6.45, 7) is 0.188. The van der Waals surface area contributed by atoms with Gasteiger partial charge in [0.15, 0.2) is 0 Å². The molecule has 0 spiro atoms. The maximum atomic E-state index is 12.5. The number of aromatic nitrogens is 1. The normalized spacial score (nSPS) is 13.8. The number of fused-ring (bicyclic) bond motifs is 1. The van der Waals surface area contributed by atoms with Gasteiger partial charge in [0.25, 0.3) is 11.8 Å². The molecule has 1 aromatic carbocycles. The number of benzene rings is 1. The van der Waals surface area contributed by atoms with Gasteiger partial charge in [-0.25, -0.2) is 13.1 Å². The zero-order valence-corrected chi connectivity index (χ0v) is 16.2. The first kappa shape index (κ1) is 18.5. The summed E-state index contributed by atoms with van der Waals surface area (Å²) in [6.07, 6.45) is 1.46. The van der Waals surface area contributed by atoms with Gasteiger partial charge < -0.3 is 0 Å². The van der Waals surface area contributed by atoms with Crippen molar-refractivity contribution in [1.29, 1.82) is 0 Å². The van der Waals surface area contributed by atoms with E-state index < -0.39 is 21.8 Å². The zero-order chi connectivity index (χ0) is 19.7. The number of thiophene rings is 1. The second-order valence-electron chi connectivity index (χ2n) is 6.13. The van der Waals surface area contributed by atoms with E-state index in [0.29, 0.717) is 4.88 Å². The highest BCUT2D eigenvalue weighted by molar-refractivity contribution is 7.91. The molecule has 7 nitrogen and oxygen atoms in total. The lowest BCUT2D eigenvalue weighted by atomic mass is 10.2. The largest absolute Gasteiger partial charge is 0.280 e. The summed E-state index contributed by atoms with van der Waals surface area (Å²) in [5.74, 6) is -0.895. The fourth-order valence-corrected chi connectivity index (χ4v) is 5.25. The van der Waals surface area contributed by atoms with Gasteiger partial charge in [0.2, 0.25) is 10.0 Å². The average molecular weight is 413 g/mol. The Kier molecular flexibility index (Phi) is 4.80. The van der Waals surface area contributed by atoms with Crippen LogP contribution in [0.3, 0.4) is 0 Å². The molecule has 2 amide bonds. The lowest BCUT2D eigenvalue weighted by Gasteiger charge is -2.11. The van der Waals surface area contributed by atoms with Gasteiger partial charge in [-0.15, -0.1) is 11.3 Å². The van der Waals surface area contributed by atoms with Crippen molar-refractivity contribution in [1.82, 2.24) is 14.6 Å². The lowest BCUT2D eigenvalue weighted by Crippen LogP contribution is -2.28. The summed E-state index contributed by atoms with van der Waals surface area (Å²) < 4.78 is 27.7. The topological polar surface area (TPSA) is 96.4 Å². The fourth-order valence-electron chi connectivity index (χ4n) is 2.85. The standard InChI is InChI=1S/C19H15N3O4S2/c23-18-15-7-4-10-20-17(15)19(24)22(18)12-14-8-9-16(27-14)28(25,26)21-11-13-5-2-1-3-6-13/h1-10,21H,11-12H2. The molecule has 1 N–H and O–H groups in total. The van der Waals surface area contributed by atoms with Crippen LogP contribution in [0.15, 0.2) is 65.0 Å². The first-order valence-electron chi connectivity index (χ1n) is 8.39. The van der Waals surface area contributed by atoms with Crippen LogP contribution in [0.25, 0.3) is 0 Å². The van der Waals surface area contributed by atoms with Crippen LogP contribution in [0, 0.1) is 0 Å². The molecule has 0 aliphatic carbocycles. The fraction of sp³-hybridized carbons (Fsp3) is 0.105. The number of carbonyl (C=O) groups is 2. The number of sulfonamides is 1. The predicted octanol–water partition coefficient (Wildman–Crippen LogP) is 2.42. The van der Waals surface area contributed by atoms with E-state index >= 15 is 0 Å². The maximum absolute atomic E-state index is 12.5. The van der Waals surface area contributed by atoms with Crippen LogP contribution in [-0.2, 0) is 23.1 Å². The molecule has 28 heavy (non-hydrogen) atoms. The zero-order valence-electron chi connectivity index (χ0n) is 14.5. The average Bonchev–Trinajstić information content (AvgIpc) is 3.28. The summed E-state index contributed by atoms with van der Waals surface area (Å²) in [4.78, 5) is 30.4. The predicted molar refractivity (Wildman–Crippen MR) is 103 cm³/mol. The van der Waals surface area contributed by atoms with E-state index in [4.69, 9.17) is 0 Å². The molecular formula is C19H15N3O4S2. The van der Waals surface area contributed by atoms with Crippen molar-refractivity contribution in [3.8, 4) is 0 Å². The summed E-state index contributed by atoms with van der Waals surface area (Å²) >= 11 is 1.03. The smallest absolute Gasteiger partial charge is 0.268 e. The Morgan fingerprint density at radius 3 is 2.50 bits per heavy atom. The van der Waals surface area contributed by atoms with Gasteiger partial charge in [-0.1, -0.05) is 30.3 Å². The molecule has 3 heterocycles. The monoisotopic (exact) mass is 413 g/mol. The van der Waals surface area contributed by atoms with Gasteiger partial charge >= 0.3 is 0 Å². The molecule has 0 saturated heterocycles. The molecule has 0 unspecified atom stereocenters. The van der Waals surface area contributed by atoms with Gasteiger partial charge in [0.1, 0.15) is 9.90 Å². The molecule has 0 saturated carbocycles. The molecule has 1 aliphatic rings. The molecule has 142 valence electrons. The minimum absolute atomic E-state index is 0.00684. The molecule has 1 aliphatic heterocycles. The molecule has 0 fully saturated rings. The van der Waals surface area contributed by atoms with E-state index in [9.17, 15) is 18.0 Å². The second-order valence-corrected chi connectivity index (χ2v) is 9.29. The molecule has 2 aromatic heterocycles. The highest BCUT2D eigenvalue weighted by Crippen LogP contribution is 2.27. The Labute approximate surface area is 165 Å². The number of nitrogens with zero attached hydrogens (tertiary/aromatic N) is 2. The summed E-state index contributed by atoms with van der Waals surface area (Å²) in [7, 11) is -3.68. The molecule has 4 rings (SSSR count). The van der Waals surface area contributed by atoms with Crippen LogP contribution in [-0.4, -0.2) is 30.1 Å². The van der Waals surface area contributed by atoms with Crippen LogP contribution in [0.5, 0.6) is 0 Å². The molecular weight excluding hydrogens is 398 g/mol. The third-order valence-electron chi connectivity index (χ3n) is 4.26. The number of amides is 2. The quantitative estimate of drug-likeness (QED) is 0.626. The van der Waals surface area contributed by atoms with Gasteiger partial charge in [0, 0.05) is 17.6 Å². The third-order valence-corrected chi connectivity index (χ3v) is 7.22. The number of nitrogens with one attached hydrogen (secondary N) is 1. The first-order valence-corrected chi connectivity index (χ1v) is 10.7. The van der Waals surface area contributed by atoms with Crippen LogP contribution in [0.4, 0.5) is 0 Å². The molecule has 0 atom stereocenters. The van der Waals surface area contributed by atoms with Crippen molar-refractivity contribution in [2.45, 2.75) is 17.3 Å². The highest BCUT2D eigenvalue weighted by atomic mass is 32.2. The third kappa shape index (κ3) is 3.47. The van der Waals surface area contributed by atoms with Gasteiger partial charge in [0.05, 0.1) is 12.1 Å². The summed E-state index contributed by atoms with van der Waals surface area (Å²) in [6, 6.07) is 15.4. The van der Waals surface area contributed by atoms with E-state index in [1.807, 2.05) is 30.3 Å². The van der Waals surface area contributed by atoms with E-state index in [2.05, 4.69) is 9.71 Å². The molecule has 9 heteroatoms. The second kappa shape index (κ2) is 7.27. The number of carbonyl (C=O) groups excluding carboxylic acids is 2. The van der Waals surface area contributed by atoms with Crippen molar-refractivity contribution in [3.63, 3.8) is 0 Å². The Hall–Kier alpha value is -2.88. The Balaban J connectivity index is 1.48. The van der Waals surface area contributed by atoms with E-state index in [-0.39, 0.29) is 28.6 Å². The minimum atomic E-state index is -3.68. The molecule has 0 bridgehead atoms. The summed E-state index contributed by atoms with van der Waals surface area (Å²) in [5.41, 5.74) is 1.24. The minimum Gasteiger partial charge on any atom is -0.268 e. The van der Waals surface area contributed by atoms with E-state index in [1.54, 1.807) is 18.2 Å². The number of rotatable bonds is 6. The van der Waals surface area contributed by atoms with Gasteiger partial charge in [-0.2, -0.15) is 0 Å². The number of hydrogen-bond acceptors (Lipinski definition) is 6. The van der Waals surface area contributed by atoms with Crippen molar-refractivity contribution in [2.24, 2.45) is 0 Å². The van der Waals surface area contributed by atoms with Crippen molar-refractivity contribution in [2.75, 3.05) is 0 Å². The van der Waals surface area contributed by atoms with Crippen molar-refractivity contribution in [3.05, 3.63) is 82.5 Å². The Bertz CT molecular complexity index is 1120. The van der Waals surface area contributed by atoms with Crippen molar-refractivity contribution < 1.29 is 18.0 Å². The summed E-state index contributed by atoms with van der Waals surface area (Å²) in [5, 5.41) is 0. The van der Waals surface area contributed by atoms with Crippen LogP contribution in [0.2, 0.25) is 0 Å². The first-order chi connectivity index (χ1) is 13.5. The number of hydrogen-bond donors (Lipinski definition) is 1. The maximum Gasteiger partial charge on any atom is 0.280 e.